The first kappa shape index (κ1) is 12.6. The predicted octanol–water partition coefficient (Wildman–Crippen LogP) is 1.55. The third-order valence-electron chi connectivity index (χ3n) is 1.97. The van der Waals surface area contributed by atoms with Crippen molar-refractivity contribution in [3.63, 3.8) is 0 Å². The minimum atomic E-state index is 0.113. The second kappa shape index (κ2) is 7.82. The molecule has 0 fully saturated rings. The lowest BCUT2D eigenvalue weighted by Crippen LogP contribution is -2.16. The van der Waals surface area contributed by atoms with Crippen molar-refractivity contribution in [2.45, 2.75) is 19.9 Å². The molecule has 1 rings (SSSR count). The van der Waals surface area contributed by atoms with Gasteiger partial charge in [-0.2, -0.15) is 0 Å². The standard InChI is InChI=1S/C11H19NO2S/c1-10-3-4-11(15-10)9-12-5-2-7-14-8-6-13/h3-4,12-13H,2,5-9H2,1H3. The van der Waals surface area contributed by atoms with Gasteiger partial charge in [0, 0.05) is 22.9 Å². The SMILES string of the molecule is Cc1ccc(CNCCCOCCO)s1. The van der Waals surface area contributed by atoms with Gasteiger partial charge in [0.25, 0.3) is 0 Å². The lowest BCUT2D eigenvalue weighted by molar-refractivity contribution is 0.0907. The number of thiophene rings is 1. The van der Waals surface area contributed by atoms with Crippen molar-refractivity contribution in [3.05, 3.63) is 21.9 Å². The van der Waals surface area contributed by atoms with Crippen LogP contribution in [0.3, 0.4) is 0 Å². The summed E-state index contributed by atoms with van der Waals surface area (Å²) >= 11 is 1.83. The van der Waals surface area contributed by atoms with Crippen molar-refractivity contribution in [2.75, 3.05) is 26.4 Å². The van der Waals surface area contributed by atoms with Gasteiger partial charge in [0.1, 0.15) is 0 Å². The first-order chi connectivity index (χ1) is 7.33. The molecule has 4 heteroatoms. The Bertz CT molecular complexity index is 263. The fraction of sp³-hybridized carbons (Fsp3) is 0.636. The second-order valence-corrected chi connectivity index (χ2v) is 4.75. The van der Waals surface area contributed by atoms with Crippen LogP contribution in [0.25, 0.3) is 0 Å². The van der Waals surface area contributed by atoms with Crippen LogP contribution in [0.4, 0.5) is 0 Å². The molecule has 3 nitrogen and oxygen atoms in total. The maximum Gasteiger partial charge on any atom is 0.0697 e. The van der Waals surface area contributed by atoms with Crippen molar-refractivity contribution >= 4 is 11.3 Å². The lowest BCUT2D eigenvalue weighted by Gasteiger charge is -2.03. The minimum Gasteiger partial charge on any atom is -0.394 e. The van der Waals surface area contributed by atoms with Crippen molar-refractivity contribution < 1.29 is 9.84 Å². The molecule has 0 radical (unpaired) electrons. The zero-order valence-electron chi connectivity index (χ0n) is 9.16. The Morgan fingerprint density at radius 3 is 2.93 bits per heavy atom. The Labute approximate surface area is 95.1 Å². The van der Waals surface area contributed by atoms with Gasteiger partial charge < -0.3 is 15.2 Å². The van der Waals surface area contributed by atoms with Crippen LogP contribution in [-0.2, 0) is 11.3 Å². The molecule has 1 aromatic heterocycles. The molecule has 1 aromatic rings. The lowest BCUT2D eigenvalue weighted by atomic mass is 10.4. The van der Waals surface area contributed by atoms with E-state index in [0.29, 0.717) is 6.61 Å². The molecule has 0 bridgehead atoms. The molecule has 15 heavy (non-hydrogen) atoms. The molecule has 0 aromatic carbocycles. The Kier molecular flexibility index (Phi) is 6.59. The molecule has 0 unspecified atom stereocenters. The van der Waals surface area contributed by atoms with E-state index in [9.17, 15) is 0 Å². The first-order valence-electron chi connectivity index (χ1n) is 5.27. The number of rotatable bonds is 8. The summed E-state index contributed by atoms with van der Waals surface area (Å²) in [7, 11) is 0. The Morgan fingerprint density at radius 2 is 2.27 bits per heavy atom. The number of aryl methyl sites for hydroxylation is 1. The molecule has 0 aliphatic rings. The zero-order chi connectivity index (χ0) is 10.9. The van der Waals surface area contributed by atoms with E-state index in [2.05, 4.69) is 24.4 Å². The van der Waals surface area contributed by atoms with E-state index in [1.807, 2.05) is 11.3 Å². The fourth-order valence-electron chi connectivity index (χ4n) is 1.26. The number of aliphatic hydroxyl groups excluding tert-OH is 1. The van der Waals surface area contributed by atoms with Gasteiger partial charge in [0.2, 0.25) is 0 Å². The summed E-state index contributed by atoms with van der Waals surface area (Å²) in [5.41, 5.74) is 0. The summed E-state index contributed by atoms with van der Waals surface area (Å²) < 4.78 is 5.15. The van der Waals surface area contributed by atoms with Gasteiger partial charge in [-0.3, -0.25) is 0 Å². The highest BCUT2D eigenvalue weighted by Crippen LogP contribution is 2.14. The molecule has 0 spiro atoms. The van der Waals surface area contributed by atoms with E-state index < -0.39 is 0 Å². The Balaban J connectivity index is 1.93. The maximum absolute atomic E-state index is 8.48. The largest absolute Gasteiger partial charge is 0.394 e. The van der Waals surface area contributed by atoms with Crippen LogP contribution >= 0.6 is 11.3 Å². The molecule has 1 heterocycles. The van der Waals surface area contributed by atoms with E-state index in [1.54, 1.807) is 0 Å². The average Bonchev–Trinajstić information content (AvgIpc) is 2.63. The van der Waals surface area contributed by atoms with Crippen LogP contribution in [0.15, 0.2) is 12.1 Å². The van der Waals surface area contributed by atoms with Crippen LogP contribution in [-0.4, -0.2) is 31.5 Å². The summed E-state index contributed by atoms with van der Waals surface area (Å²) in [6.45, 7) is 5.31. The van der Waals surface area contributed by atoms with E-state index in [0.717, 1.165) is 26.1 Å². The molecule has 0 saturated carbocycles. The summed E-state index contributed by atoms with van der Waals surface area (Å²) in [4.78, 5) is 2.74. The average molecular weight is 229 g/mol. The van der Waals surface area contributed by atoms with Crippen LogP contribution in [0, 0.1) is 6.92 Å². The van der Waals surface area contributed by atoms with Crippen LogP contribution in [0.1, 0.15) is 16.2 Å². The third kappa shape index (κ3) is 5.89. The van der Waals surface area contributed by atoms with Gasteiger partial charge in [-0.25, -0.2) is 0 Å². The van der Waals surface area contributed by atoms with Crippen molar-refractivity contribution in [1.29, 1.82) is 0 Å². The molecule has 86 valence electrons. The molecule has 2 N–H and O–H groups in total. The molecule has 0 atom stereocenters. The van der Waals surface area contributed by atoms with Crippen molar-refractivity contribution in [1.82, 2.24) is 5.32 Å². The van der Waals surface area contributed by atoms with Crippen LogP contribution in [0.2, 0.25) is 0 Å². The van der Waals surface area contributed by atoms with Crippen molar-refractivity contribution in [3.8, 4) is 0 Å². The minimum absolute atomic E-state index is 0.113. The molecule has 0 amide bonds. The number of hydrogen-bond acceptors (Lipinski definition) is 4. The monoisotopic (exact) mass is 229 g/mol. The number of ether oxygens (including phenoxy) is 1. The highest BCUT2D eigenvalue weighted by atomic mass is 32.1. The predicted molar refractivity (Wildman–Crippen MR) is 63.3 cm³/mol. The van der Waals surface area contributed by atoms with Gasteiger partial charge in [-0.05, 0) is 32.0 Å². The number of nitrogens with one attached hydrogen (secondary N) is 1. The summed E-state index contributed by atoms with van der Waals surface area (Å²) in [5.74, 6) is 0. The van der Waals surface area contributed by atoms with E-state index >= 15 is 0 Å². The van der Waals surface area contributed by atoms with Gasteiger partial charge in [-0.15, -0.1) is 11.3 Å². The quantitative estimate of drug-likeness (QED) is 0.665. The number of aliphatic hydroxyl groups is 1. The van der Waals surface area contributed by atoms with E-state index in [1.165, 1.54) is 9.75 Å². The topological polar surface area (TPSA) is 41.5 Å². The number of hydrogen-bond donors (Lipinski definition) is 2. The highest BCUT2D eigenvalue weighted by molar-refractivity contribution is 7.11. The molecule has 0 aliphatic carbocycles. The molecular formula is C11H19NO2S. The van der Waals surface area contributed by atoms with Gasteiger partial charge >= 0.3 is 0 Å². The van der Waals surface area contributed by atoms with Crippen molar-refractivity contribution in [2.24, 2.45) is 0 Å². The van der Waals surface area contributed by atoms with Gasteiger partial charge in [0.15, 0.2) is 0 Å². The smallest absolute Gasteiger partial charge is 0.0697 e. The first-order valence-corrected chi connectivity index (χ1v) is 6.09. The summed E-state index contributed by atoms with van der Waals surface area (Å²) in [5, 5.41) is 11.8. The van der Waals surface area contributed by atoms with Gasteiger partial charge in [-0.1, -0.05) is 0 Å². The Morgan fingerprint density at radius 1 is 1.40 bits per heavy atom. The highest BCUT2D eigenvalue weighted by Gasteiger charge is 1.95. The van der Waals surface area contributed by atoms with E-state index in [4.69, 9.17) is 9.84 Å². The van der Waals surface area contributed by atoms with Crippen LogP contribution < -0.4 is 5.32 Å². The molecule has 0 saturated heterocycles. The third-order valence-corrected chi connectivity index (χ3v) is 2.97. The van der Waals surface area contributed by atoms with E-state index in [-0.39, 0.29) is 6.61 Å². The fourth-order valence-corrected chi connectivity index (χ4v) is 2.12. The summed E-state index contributed by atoms with van der Waals surface area (Å²) in [6.07, 6.45) is 0.990. The second-order valence-electron chi connectivity index (χ2n) is 3.38. The maximum atomic E-state index is 8.48. The summed E-state index contributed by atoms with van der Waals surface area (Å²) in [6, 6.07) is 4.31. The zero-order valence-corrected chi connectivity index (χ0v) is 9.98. The molecular weight excluding hydrogens is 210 g/mol. The molecule has 0 aliphatic heterocycles. The van der Waals surface area contributed by atoms with Crippen LogP contribution in [0.5, 0.6) is 0 Å². The Hall–Kier alpha value is -0.420. The van der Waals surface area contributed by atoms with Gasteiger partial charge in [0.05, 0.1) is 13.2 Å². The normalized spacial score (nSPS) is 10.8.